The van der Waals surface area contributed by atoms with Gasteiger partial charge < -0.3 is 9.80 Å². The van der Waals surface area contributed by atoms with Crippen LogP contribution in [0.4, 0.5) is 16.5 Å². The number of nitro groups is 1. The molecule has 0 unspecified atom stereocenters. The van der Waals surface area contributed by atoms with Crippen molar-refractivity contribution in [3.63, 3.8) is 0 Å². The molecule has 0 amide bonds. The molecule has 0 atom stereocenters. The monoisotopic (exact) mass is 369 g/mol. The molecule has 0 spiro atoms. The third-order valence-electron chi connectivity index (χ3n) is 4.62. The smallest absolute Gasteiger partial charge is 0.295 e. The number of non-ortho nitro benzene ring substituents is 1. The Balaban J connectivity index is 1.65. The van der Waals surface area contributed by atoms with Gasteiger partial charge in [0.05, 0.1) is 10.6 Å². The van der Waals surface area contributed by atoms with Crippen molar-refractivity contribution < 1.29 is 4.92 Å². The van der Waals surface area contributed by atoms with Crippen LogP contribution in [0, 0.1) is 24.0 Å². The number of para-hydroxylation sites is 1. The molecular formula is C18H19N5O2S. The summed E-state index contributed by atoms with van der Waals surface area (Å²) in [6.07, 6.45) is 0. The first-order valence-corrected chi connectivity index (χ1v) is 9.37. The summed E-state index contributed by atoms with van der Waals surface area (Å²) in [6.45, 7) is 7.35. The van der Waals surface area contributed by atoms with E-state index in [1.165, 1.54) is 6.07 Å². The Morgan fingerprint density at radius 1 is 1.08 bits per heavy atom. The van der Waals surface area contributed by atoms with Crippen LogP contribution in [-0.4, -0.2) is 41.1 Å². The molecule has 0 aliphatic carbocycles. The fraction of sp³-hybridized carbons (Fsp3) is 0.333. The van der Waals surface area contributed by atoms with Gasteiger partial charge in [-0.05, 0) is 19.9 Å². The average Bonchev–Trinajstić information content (AvgIpc) is 3.07. The number of aromatic nitrogens is 2. The molecule has 7 nitrogen and oxygen atoms in total. The minimum Gasteiger partial charge on any atom is -0.367 e. The van der Waals surface area contributed by atoms with Crippen LogP contribution in [0.3, 0.4) is 0 Å². The van der Waals surface area contributed by atoms with Crippen LogP contribution in [0.1, 0.15) is 11.4 Å². The lowest BCUT2D eigenvalue weighted by molar-refractivity contribution is -0.383. The number of nitrogens with zero attached hydrogens (tertiary/aromatic N) is 5. The van der Waals surface area contributed by atoms with Gasteiger partial charge in [-0.15, -0.1) is 11.3 Å². The van der Waals surface area contributed by atoms with Crippen LogP contribution < -0.4 is 9.80 Å². The summed E-state index contributed by atoms with van der Waals surface area (Å²) in [5, 5.41) is 15.3. The summed E-state index contributed by atoms with van der Waals surface area (Å²) in [5.74, 6) is 0. The van der Waals surface area contributed by atoms with E-state index in [4.69, 9.17) is 0 Å². The van der Waals surface area contributed by atoms with Crippen LogP contribution in [0.15, 0.2) is 29.6 Å². The number of aryl methyl sites for hydroxylation is 2. The van der Waals surface area contributed by atoms with E-state index in [0.717, 1.165) is 53.8 Å². The zero-order chi connectivity index (χ0) is 18.3. The Morgan fingerprint density at radius 3 is 2.46 bits per heavy atom. The summed E-state index contributed by atoms with van der Waals surface area (Å²) in [4.78, 5) is 24.6. The van der Waals surface area contributed by atoms with Gasteiger partial charge in [0.15, 0.2) is 10.6 Å². The highest BCUT2D eigenvalue weighted by atomic mass is 32.1. The molecule has 2 aromatic heterocycles. The zero-order valence-electron chi connectivity index (χ0n) is 14.7. The van der Waals surface area contributed by atoms with E-state index in [1.54, 1.807) is 17.4 Å². The molecule has 1 aliphatic heterocycles. The Bertz CT molecular complexity index is 979. The Morgan fingerprint density at radius 2 is 1.81 bits per heavy atom. The van der Waals surface area contributed by atoms with E-state index in [2.05, 4.69) is 25.1 Å². The van der Waals surface area contributed by atoms with E-state index in [9.17, 15) is 10.1 Å². The molecule has 3 heterocycles. The molecule has 3 aromatic rings. The molecule has 0 radical (unpaired) electrons. The first-order valence-electron chi connectivity index (χ1n) is 8.50. The van der Waals surface area contributed by atoms with Crippen LogP contribution >= 0.6 is 11.3 Å². The number of thiazole rings is 1. The number of nitro benzene ring substituents is 1. The number of fused-ring (bicyclic) bond motifs is 1. The molecular weight excluding hydrogens is 350 g/mol. The van der Waals surface area contributed by atoms with Crippen molar-refractivity contribution in [2.24, 2.45) is 0 Å². The summed E-state index contributed by atoms with van der Waals surface area (Å²) < 4.78 is 0. The van der Waals surface area contributed by atoms with Crippen LogP contribution in [0.25, 0.3) is 10.9 Å². The maximum Gasteiger partial charge on any atom is 0.295 e. The fourth-order valence-electron chi connectivity index (χ4n) is 3.37. The maximum atomic E-state index is 11.4. The Kier molecular flexibility index (Phi) is 4.20. The number of piperazine rings is 1. The summed E-state index contributed by atoms with van der Waals surface area (Å²) in [5.41, 5.74) is 3.39. The Labute approximate surface area is 155 Å². The highest BCUT2D eigenvalue weighted by Gasteiger charge is 2.23. The predicted octanol–water partition coefficient (Wildman–Crippen LogP) is 3.54. The molecule has 0 N–H and O–H groups in total. The van der Waals surface area contributed by atoms with E-state index in [1.807, 2.05) is 26.0 Å². The summed E-state index contributed by atoms with van der Waals surface area (Å²) in [6, 6.07) is 7.19. The second-order valence-corrected chi connectivity index (χ2v) is 7.30. The van der Waals surface area contributed by atoms with Gasteiger partial charge in [-0.1, -0.05) is 12.1 Å². The summed E-state index contributed by atoms with van der Waals surface area (Å²) in [7, 11) is 0. The molecule has 1 aromatic carbocycles. The number of hydrogen-bond donors (Lipinski definition) is 0. The molecule has 4 rings (SSSR count). The van der Waals surface area contributed by atoms with Crippen LogP contribution in [0.2, 0.25) is 0 Å². The van der Waals surface area contributed by atoms with Crippen molar-refractivity contribution in [3.05, 3.63) is 51.1 Å². The minimum atomic E-state index is -0.360. The fourth-order valence-corrected chi connectivity index (χ4v) is 4.23. The largest absolute Gasteiger partial charge is 0.367 e. The quantitative estimate of drug-likeness (QED) is 0.519. The number of pyridine rings is 1. The highest BCUT2D eigenvalue weighted by molar-refractivity contribution is 7.13. The summed E-state index contributed by atoms with van der Waals surface area (Å²) >= 11 is 1.67. The SMILES string of the molecule is Cc1csc(N2CCN(c3cc(C)nc4c([N+](=O)[O-])cccc34)CC2)n1. The second-order valence-electron chi connectivity index (χ2n) is 6.46. The zero-order valence-corrected chi connectivity index (χ0v) is 15.5. The normalized spacial score (nSPS) is 14.8. The third kappa shape index (κ3) is 2.96. The van der Waals surface area contributed by atoms with Crippen molar-refractivity contribution >= 4 is 38.7 Å². The highest BCUT2D eigenvalue weighted by Crippen LogP contribution is 2.33. The van der Waals surface area contributed by atoms with Crippen molar-refractivity contribution in [3.8, 4) is 0 Å². The van der Waals surface area contributed by atoms with Crippen LogP contribution in [-0.2, 0) is 0 Å². The average molecular weight is 369 g/mol. The number of rotatable bonds is 3. The first-order chi connectivity index (χ1) is 12.5. The maximum absolute atomic E-state index is 11.4. The van der Waals surface area contributed by atoms with Gasteiger partial charge in [0, 0.05) is 54.4 Å². The first kappa shape index (κ1) is 16.7. The van der Waals surface area contributed by atoms with E-state index in [-0.39, 0.29) is 10.6 Å². The third-order valence-corrected chi connectivity index (χ3v) is 5.64. The van der Waals surface area contributed by atoms with Gasteiger partial charge in [-0.25, -0.2) is 9.97 Å². The minimum absolute atomic E-state index is 0.0596. The topological polar surface area (TPSA) is 75.4 Å². The molecule has 8 heteroatoms. The van der Waals surface area contributed by atoms with Crippen LogP contribution in [0.5, 0.6) is 0 Å². The van der Waals surface area contributed by atoms with E-state index < -0.39 is 0 Å². The lowest BCUT2D eigenvalue weighted by Gasteiger charge is -2.36. The van der Waals surface area contributed by atoms with Gasteiger partial charge in [-0.2, -0.15) is 0 Å². The predicted molar refractivity (Wildman–Crippen MR) is 104 cm³/mol. The number of benzene rings is 1. The molecule has 1 saturated heterocycles. The van der Waals surface area contributed by atoms with Gasteiger partial charge in [0.2, 0.25) is 0 Å². The second kappa shape index (κ2) is 6.53. The number of anilines is 2. The molecule has 0 saturated carbocycles. The van der Waals surface area contributed by atoms with E-state index in [0.29, 0.717) is 5.52 Å². The molecule has 134 valence electrons. The van der Waals surface area contributed by atoms with Crippen molar-refractivity contribution in [2.75, 3.05) is 36.0 Å². The molecule has 1 fully saturated rings. The van der Waals surface area contributed by atoms with Gasteiger partial charge in [-0.3, -0.25) is 10.1 Å². The van der Waals surface area contributed by atoms with Gasteiger partial charge >= 0.3 is 0 Å². The molecule has 0 bridgehead atoms. The lowest BCUT2D eigenvalue weighted by Crippen LogP contribution is -2.46. The van der Waals surface area contributed by atoms with Gasteiger partial charge in [0.1, 0.15) is 0 Å². The van der Waals surface area contributed by atoms with Crippen molar-refractivity contribution in [1.29, 1.82) is 0 Å². The van der Waals surface area contributed by atoms with Crippen molar-refractivity contribution in [1.82, 2.24) is 9.97 Å². The standard InChI is InChI=1S/C18H19N5O2S/c1-12-10-16(14-4-3-5-15(23(24)25)17(14)19-12)21-6-8-22(9-7-21)18-20-13(2)11-26-18/h3-5,10-11H,6-9H2,1-2H3. The lowest BCUT2D eigenvalue weighted by atomic mass is 10.1. The van der Waals surface area contributed by atoms with E-state index >= 15 is 0 Å². The molecule has 26 heavy (non-hydrogen) atoms. The van der Waals surface area contributed by atoms with Gasteiger partial charge in [0.25, 0.3) is 5.69 Å². The Hall–Kier alpha value is -2.74. The molecule has 1 aliphatic rings. The van der Waals surface area contributed by atoms with Crippen molar-refractivity contribution in [2.45, 2.75) is 13.8 Å². The number of hydrogen-bond acceptors (Lipinski definition) is 7.